The normalized spacial score (nSPS) is 16.7. The molecule has 0 unspecified atom stereocenters. The van der Waals surface area contributed by atoms with Gasteiger partial charge in [0, 0.05) is 18.0 Å². The summed E-state index contributed by atoms with van der Waals surface area (Å²) in [6, 6.07) is 4.74. The van der Waals surface area contributed by atoms with Gasteiger partial charge in [0.2, 0.25) is 0 Å². The number of rotatable bonds is 3. The van der Waals surface area contributed by atoms with Crippen molar-refractivity contribution >= 4 is 11.9 Å². The Balaban J connectivity index is 1.98. The molecule has 0 saturated heterocycles. The first-order valence-corrected chi connectivity index (χ1v) is 8.11. The van der Waals surface area contributed by atoms with Gasteiger partial charge in [-0.05, 0) is 38.1 Å². The number of hydrogen-bond donors (Lipinski definition) is 0. The molecule has 0 N–H and O–H groups in total. The number of benzene rings is 1. The Morgan fingerprint density at radius 1 is 1.28 bits per heavy atom. The molecule has 0 saturated carbocycles. The summed E-state index contributed by atoms with van der Waals surface area (Å²) in [5.74, 6) is -1.24. The lowest BCUT2D eigenvalue weighted by atomic mass is 10.0. The standard InChI is InChI=1S/C18H20FN3O3/c1-11(2)22-10-20-14-8-15(18(24)25-3)21(9-16(14)22)17(23)12-4-6-13(19)7-5-12/h4-7,10-11,15H,8-9H2,1-3H3/t15-/m0/s1. The van der Waals surface area contributed by atoms with Crippen LogP contribution in [0.2, 0.25) is 0 Å². The molecule has 1 aromatic heterocycles. The minimum atomic E-state index is -0.745. The maximum Gasteiger partial charge on any atom is 0.329 e. The van der Waals surface area contributed by atoms with Crippen LogP contribution in [-0.2, 0) is 22.5 Å². The van der Waals surface area contributed by atoms with Crippen LogP contribution < -0.4 is 0 Å². The maximum atomic E-state index is 13.1. The second kappa shape index (κ2) is 6.66. The van der Waals surface area contributed by atoms with E-state index in [1.165, 1.54) is 36.3 Å². The number of fused-ring (bicyclic) bond motifs is 1. The first-order chi connectivity index (χ1) is 11.9. The van der Waals surface area contributed by atoms with Gasteiger partial charge >= 0.3 is 5.97 Å². The van der Waals surface area contributed by atoms with Crippen molar-refractivity contribution < 1.29 is 18.7 Å². The van der Waals surface area contributed by atoms with Gasteiger partial charge in [-0.1, -0.05) is 0 Å². The van der Waals surface area contributed by atoms with E-state index in [-0.39, 0.29) is 18.5 Å². The number of carbonyl (C=O) groups is 2. The SMILES string of the molecule is COC(=O)[C@@H]1Cc2ncn(C(C)C)c2CN1C(=O)c1ccc(F)cc1. The summed E-state index contributed by atoms with van der Waals surface area (Å²) in [5, 5.41) is 0. The number of ether oxygens (including phenoxy) is 1. The molecule has 0 radical (unpaired) electrons. The van der Waals surface area contributed by atoms with Crippen LogP contribution >= 0.6 is 0 Å². The highest BCUT2D eigenvalue weighted by atomic mass is 19.1. The Hall–Kier alpha value is -2.70. The van der Waals surface area contributed by atoms with Gasteiger partial charge in [-0.15, -0.1) is 0 Å². The maximum absolute atomic E-state index is 13.1. The minimum Gasteiger partial charge on any atom is -0.467 e. The molecular weight excluding hydrogens is 325 g/mol. The van der Waals surface area contributed by atoms with E-state index in [0.717, 1.165) is 11.4 Å². The highest BCUT2D eigenvalue weighted by Crippen LogP contribution is 2.27. The predicted molar refractivity (Wildman–Crippen MR) is 88.4 cm³/mol. The molecule has 0 spiro atoms. The van der Waals surface area contributed by atoms with E-state index in [0.29, 0.717) is 12.0 Å². The Morgan fingerprint density at radius 3 is 2.56 bits per heavy atom. The monoisotopic (exact) mass is 345 g/mol. The van der Waals surface area contributed by atoms with Crippen molar-refractivity contribution in [2.45, 2.75) is 38.9 Å². The summed E-state index contributed by atoms with van der Waals surface area (Å²) in [6.45, 7) is 4.31. The summed E-state index contributed by atoms with van der Waals surface area (Å²) in [6.07, 6.45) is 2.03. The van der Waals surface area contributed by atoms with Gasteiger partial charge in [-0.25, -0.2) is 14.2 Å². The zero-order valence-electron chi connectivity index (χ0n) is 14.4. The third-order valence-electron chi connectivity index (χ3n) is 4.45. The van der Waals surface area contributed by atoms with E-state index in [9.17, 15) is 14.0 Å². The molecular formula is C18H20FN3O3. The molecule has 1 amide bonds. The molecule has 0 bridgehead atoms. The van der Waals surface area contributed by atoms with Gasteiger partial charge < -0.3 is 14.2 Å². The molecule has 2 aromatic rings. The lowest BCUT2D eigenvalue weighted by Crippen LogP contribution is -2.49. The molecule has 25 heavy (non-hydrogen) atoms. The third-order valence-corrected chi connectivity index (χ3v) is 4.45. The van der Waals surface area contributed by atoms with Gasteiger partial charge in [0.1, 0.15) is 11.9 Å². The highest BCUT2D eigenvalue weighted by Gasteiger charge is 2.38. The number of halogens is 1. The number of amides is 1. The predicted octanol–water partition coefficient (Wildman–Crippen LogP) is 2.34. The molecule has 132 valence electrons. The third kappa shape index (κ3) is 3.14. The number of esters is 1. The zero-order valence-corrected chi connectivity index (χ0v) is 14.4. The summed E-state index contributed by atoms with van der Waals surface area (Å²) in [5.41, 5.74) is 2.03. The van der Waals surface area contributed by atoms with Crippen LogP contribution in [0.3, 0.4) is 0 Å². The van der Waals surface area contributed by atoms with E-state index in [1.54, 1.807) is 6.33 Å². The fraction of sp³-hybridized carbons (Fsp3) is 0.389. The van der Waals surface area contributed by atoms with Crippen molar-refractivity contribution in [2.75, 3.05) is 7.11 Å². The van der Waals surface area contributed by atoms with Crippen LogP contribution in [0.1, 0.15) is 41.6 Å². The Bertz CT molecular complexity index is 798. The number of carbonyl (C=O) groups excluding carboxylic acids is 2. The first-order valence-electron chi connectivity index (χ1n) is 8.11. The van der Waals surface area contributed by atoms with E-state index >= 15 is 0 Å². The van der Waals surface area contributed by atoms with Gasteiger partial charge in [0.25, 0.3) is 5.91 Å². The number of nitrogens with zero attached hydrogens (tertiary/aromatic N) is 3. The van der Waals surface area contributed by atoms with Gasteiger partial charge in [0.15, 0.2) is 0 Å². The van der Waals surface area contributed by atoms with E-state index < -0.39 is 17.8 Å². The molecule has 0 aliphatic carbocycles. The van der Waals surface area contributed by atoms with Crippen molar-refractivity contribution in [2.24, 2.45) is 0 Å². The molecule has 1 aromatic carbocycles. The quantitative estimate of drug-likeness (QED) is 0.801. The van der Waals surface area contributed by atoms with Crippen LogP contribution in [0.25, 0.3) is 0 Å². The summed E-state index contributed by atoms with van der Waals surface area (Å²) >= 11 is 0. The van der Waals surface area contributed by atoms with Gasteiger partial charge in [-0.2, -0.15) is 0 Å². The van der Waals surface area contributed by atoms with Crippen LogP contribution in [0.4, 0.5) is 4.39 Å². The smallest absolute Gasteiger partial charge is 0.329 e. The Kier molecular flexibility index (Phi) is 4.57. The molecule has 7 heteroatoms. The van der Waals surface area contributed by atoms with Crippen molar-refractivity contribution in [3.05, 3.63) is 53.4 Å². The lowest BCUT2D eigenvalue weighted by Gasteiger charge is -2.34. The zero-order chi connectivity index (χ0) is 18.1. The van der Waals surface area contributed by atoms with E-state index in [4.69, 9.17) is 4.74 Å². The van der Waals surface area contributed by atoms with Crippen molar-refractivity contribution in [3.63, 3.8) is 0 Å². The van der Waals surface area contributed by atoms with Crippen LogP contribution in [0.15, 0.2) is 30.6 Å². The van der Waals surface area contributed by atoms with Gasteiger partial charge in [0.05, 0.1) is 31.4 Å². The lowest BCUT2D eigenvalue weighted by molar-refractivity contribution is -0.146. The topological polar surface area (TPSA) is 64.4 Å². The molecule has 1 aliphatic rings. The fourth-order valence-corrected chi connectivity index (χ4v) is 3.10. The van der Waals surface area contributed by atoms with E-state index in [1.807, 2.05) is 18.4 Å². The van der Waals surface area contributed by atoms with E-state index in [2.05, 4.69) is 4.98 Å². The Labute approximate surface area is 145 Å². The van der Waals surface area contributed by atoms with Crippen LogP contribution in [0, 0.1) is 5.82 Å². The molecule has 1 atom stereocenters. The number of hydrogen-bond acceptors (Lipinski definition) is 4. The van der Waals surface area contributed by atoms with Crippen molar-refractivity contribution in [3.8, 4) is 0 Å². The summed E-state index contributed by atoms with van der Waals surface area (Å²) < 4.78 is 20.0. The van der Waals surface area contributed by atoms with Crippen molar-refractivity contribution in [1.82, 2.24) is 14.5 Å². The number of imidazole rings is 1. The second-order valence-corrected chi connectivity index (χ2v) is 6.32. The average molecular weight is 345 g/mol. The summed E-state index contributed by atoms with van der Waals surface area (Å²) in [4.78, 5) is 31.0. The first kappa shape index (κ1) is 17.1. The fourth-order valence-electron chi connectivity index (χ4n) is 3.10. The molecule has 0 fully saturated rings. The number of aromatic nitrogens is 2. The molecule has 3 rings (SSSR count). The molecule has 6 nitrogen and oxygen atoms in total. The second-order valence-electron chi connectivity index (χ2n) is 6.32. The van der Waals surface area contributed by atoms with Crippen molar-refractivity contribution in [1.29, 1.82) is 0 Å². The summed E-state index contributed by atoms with van der Waals surface area (Å²) in [7, 11) is 1.30. The average Bonchev–Trinajstić information content (AvgIpc) is 3.03. The number of methoxy groups -OCH3 is 1. The Morgan fingerprint density at radius 2 is 1.96 bits per heavy atom. The largest absolute Gasteiger partial charge is 0.467 e. The van der Waals surface area contributed by atoms with Gasteiger partial charge in [-0.3, -0.25) is 4.79 Å². The van der Waals surface area contributed by atoms with Crippen LogP contribution in [0.5, 0.6) is 0 Å². The highest BCUT2D eigenvalue weighted by molar-refractivity contribution is 5.97. The molecule has 2 heterocycles. The molecule has 1 aliphatic heterocycles. The minimum absolute atomic E-state index is 0.189. The van der Waals surface area contributed by atoms with Crippen LogP contribution in [-0.4, -0.2) is 39.5 Å².